The van der Waals surface area contributed by atoms with E-state index in [4.69, 9.17) is 0 Å². The van der Waals surface area contributed by atoms with Gasteiger partial charge in [0.15, 0.2) is 0 Å². The minimum absolute atomic E-state index is 0.0187. The second-order valence-corrected chi connectivity index (χ2v) is 2.56. The predicted molar refractivity (Wildman–Crippen MR) is 37.7 cm³/mol. The van der Waals surface area contributed by atoms with Crippen molar-refractivity contribution in [3.05, 3.63) is 0 Å². The van der Waals surface area contributed by atoms with Gasteiger partial charge in [-0.2, -0.15) is 0 Å². The molecule has 0 aromatic heterocycles. The third kappa shape index (κ3) is 1.93. The Morgan fingerprint density at radius 1 is 1.73 bits per heavy atom. The van der Waals surface area contributed by atoms with Crippen LogP contribution < -0.4 is 5.32 Å². The van der Waals surface area contributed by atoms with Crippen LogP contribution in [0, 0.1) is 5.92 Å². The lowest BCUT2D eigenvalue weighted by Gasteiger charge is -2.19. The van der Waals surface area contributed by atoms with Crippen LogP contribution in [0.4, 0.5) is 0 Å². The van der Waals surface area contributed by atoms with Crippen LogP contribution in [0.5, 0.6) is 0 Å². The summed E-state index contributed by atoms with van der Waals surface area (Å²) in [5.41, 5.74) is 0. The summed E-state index contributed by atoms with van der Waals surface area (Å²) in [6.45, 7) is 0.422. The number of carbonyl (C=O) groups excluding carboxylic acids is 2. The molecule has 1 rings (SSSR count). The molecule has 0 unspecified atom stereocenters. The van der Waals surface area contributed by atoms with Crippen molar-refractivity contribution in [2.45, 2.75) is 12.8 Å². The minimum Gasteiger partial charge on any atom is -0.469 e. The van der Waals surface area contributed by atoms with E-state index in [9.17, 15) is 9.59 Å². The van der Waals surface area contributed by atoms with Crippen molar-refractivity contribution < 1.29 is 14.3 Å². The highest BCUT2D eigenvalue weighted by molar-refractivity contribution is 5.80. The molecule has 0 aromatic carbocycles. The Balaban J connectivity index is 2.39. The number of rotatable bonds is 1. The number of ether oxygens (including phenoxy) is 1. The van der Waals surface area contributed by atoms with Gasteiger partial charge in [0.2, 0.25) is 5.91 Å². The molecular weight excluding hydrogens is 146 g/mol. The average molecular weight is 157 g/mol. The largest absolute Gasteiger partial charge is 0.469 e. The van der Waals surface area contributed by atoms with E-state index in [2.05, 4.69) is 10.1 Å². The smallest absolute Gasteiger partial charge is 0.310 e. The number of hydrogen-bond donors (Lipinski definition) is 1. The normalized spacial score (nSPS) is 24.1. The predicted octanol–water partition coefficient (Wildman–Crippen LogP) is -0.314. The minimum atomic E-state index is -0.231. The van der Waals surface area contributed by atoms with Crippen molar-refractivity contribution in [1.82, 2.24) is 5.32 Å². The number of hydrogen-bond acceptors (Lipinski definition) is 3. The molecule has 4 nitrogen and oxygen atoms in total. The number of nitrogens with one attached hydrogen (secondary N) is 1. The average Bonchev–Trinajstić information content (AvgIpc) is 2.05. The molecule has 1 saturated heterocycles. The molecule has 0 aromatic rings. The zero-order chi connectivity index (χ0) is 8.27. The van der Waals surface area contributed by atoms with Crippen LogP contribution in [0.2, 0.25) is 0 Å². The zero-order valence-corrected chi connectivity index (χ0v) is 6.42. The summed E-state index contributed by atoms with van der Waals surface area (Å²) in [6, 6.07) is 0. The molecule has 62 valence electrons. The lowest BCUT2D eigenvalue weighted by molar-refractivity contribution is -0.146. The topological polar surface area (TPSA) is 55.4 Å². The second-order valence-electron chi connectivity index (χ2n) is 2.56. The van der Waals surface area contributed by atoms with Crippen LogP contribution in [0.25, 0.3) is 0 Å². The van der Waals surface area contributed by atoms with E-state index < -0.39 is 0 Å². The van der Waals surface area contributed by atoms with Crippen molar-refractivity contribution >= 4 is 11.9 Å². The Kier molecular flexibility index (Phi) is 2.46. The highest BCUT2D eigenvalue weighted by atomic mass is 16.5. The number of esters is 1. The summed E-state index contributed by atoms with van der Waals surface area (Å²) in [6.07, 6.45) is 1.04. The number of methoxy groups -OCH3 is 1. The van der Waals surface area contributed by atoms with Crippen LogP contribution >= 0.6 is 0 Å². The Labute approximate surface area is 64.9 Å². The summed E-state index contributed by atoms with van der Waals surface area (Å²) in [5, 5.41) is 2.61. The van der Waals surface area contributed by atoms with Crippen LogP contribution in [0.15, 0.2) is 0 Å². The standard InChI is InChI=1S/C7H11NO3/c1-11-7(10)5-2-3-6(9)8-4-5/h5H,2-4H2,1H3,(H,8,9)/t5-/m0/s1. The van der Waals surface area contributed by atoms with Crippen molar-refractivity contribution in [3.8, 4) is 0 Å². The van der Waals surface area contributed by atoms with Gasteiger partial charge in [-0.15, -0.1) is 0 Å². The molecule has 0 radical (unpaired) electrons. The Bertz CT molecular complexity index is 169. The quantitative estimate of drug-likeness (QED) is 0.531. The zero-order valence-electron chi connectivity index (χ0n) is 6.42. The van der Waals surface area contributed by atoms with E-state index in [-0.39, 0.29) is 17.8 Å². The van der Waals surface area contributed by atoms with Gasteiger partial charge >= 0.3 is 5.97 Å². The molecule has 1 heterocycles. The summed E-state index contributed by atoms with van der Waals surface area (Å²) in [4.78, 5) is 21.6. The molecule has 1 fully saturated rings. The fourth-order valence-electron chi connectivity index (χ4n) is 1.10. The summed E-state index contributed by atoms with van der Waals surface area (Å²) in [5.74, 6) is -0.354. The first kappa shape index (κ1) is 8.04. The lowest BCUT2D eigenvalue weighted by Crippen LogP contribution is -2.38. The molecule has 1 aliphatic rings. The van der Waals surface area contributed by atoms with Gasteiger partial charge in [0.25, 0.3) is 0 Å². The van der Waals surface area contributed by atoms with Gasteiger partial charge in [-0.25, -0.2) is 0 Å². The number of amides is 1. The first-order valence-corrected chi connectivity index (χ1v) is 3.58. The van der Waals surface area contributed by atoms with Gasteiger partial charge in [0.1, 0.15) is 0 Å². The Hall–Kier alpha value is -1.06. The number of piperidine rings is 1. The van der Waals surface area contributed by atoms with Gasteiger partial charge in [-0.1, -0.05) is 0 Å². The van der Waals surface area contributed by atoms with E-state index in [0.717, 1.165) is 0 Å². The van der Waals surface area contributed by atoms with Crippen LogP contribution in [-0.4, -0.2) is 25.5 Å². The van der Waals surface area contributed by atoms with Gasteiger partial charge in [-0.3, -0.25) is 9.59 Å². The summed E-state index contributed by atoms with van der Waals surface area (Å²) >= 11 is 0. The fourth-order valence-corrected chi connectivity index (χ4v) is 1.10. The second kappa shape index (κ2) is 3.37. The van der Waals surface area contributed by atoms with Gasteiger partial charge in [-0.05, 0) is 6.42 Å². The van der Waals surface area contributed by atoms with E-state index in [1.165, 1.54) is 7.11 Å². The van der Waals surface area contributed by atoms with Gasteiger partial charge < -0.3 is 10.1 Å². The maximum absolute atomic E-state index is 10.9. The van der Waals surface area contributed by atoms with Gasteiger partial charge in [0, 0.05) is 13.0 Å². The summed E-state index contributed by atoms with van der Waals surface area (Å²) < 4.78 is 4.53. The summed E-state index contributed by atoms with van der Waals surface area (Å²) in [7, 11) is 1.36. The van der Waals surface area contributed by atoms with Gasteiger partial charge in [0.05, 0.1) is 13.0 Å². The molecule has 11 heavy (non-hydrogen) atoms. The molecule has 0 spiro atoms. The molecule has 4 heteroatoms. The first-order valence-electron chi connectivity index (χ1n) is 3.58. The van der Waals surface area contributed by atoms with Crippen molar-refractivity contribution in [3.63, 3.8) is 0 Å². The van der Waals surface area contributed by atoms with E-state index in [1.807, 2.05) is 0 Å². The molecule has 0 aliphatic carbocycles. The molecule has 1 atom stereocenters. The molecule has 1 amide bonds. The van der Waals surface area contributed by atoms with Crippen molar-refractivity contribution in [2.24, 2.45) is 5.92 Å². The lowest BCUT2D eigenvalue weighted by atomic mass is 10.00. The highest BCUT2D eigenvalue weighted by Crippen LogP contribution is 2.11. The molecule has 0 saturated carbocycles. The Morgan fingerprint density at radius 2 is 2.45 bits per heavy atom. The first-order chi connectivity index (χ1) is 5.24. The highest BCUT2D eigenvalue weighted by Gasteiger charge is 2.24. The third-order valence-electron chi connectivity index (χ3n) is 1.80. The van der Waals surface area contributed by atoms with Crippen LogP contribution in [0.1, 0.15) is 12.8 Å². The Morgan fingerprint density at radius 3 is 2.91 bits per heavy atom. The van der Waals surface area contributed by atoms with Crippen molar-refractivity contribution in [1.29, 1.82) is 0 Å². The third-order valence-corrected chi connectivity index (χ3v) is 1.80. The monoisotopic (exact) mass is 157 g/mol. The fraction of sp³-hybridized carbons (Fsp3) is 0.714. The molecule has 1 aliphatic heterocycles. The maximum atomic E-state index is 10.9. The molecule has 0 bridgehead atoms. The maximum Gasteiger partial charge on any atom is 0.310 e. The van der Waals surface area contributed by atoms with E-state index in [0.29, 0.717) is 19.4 Å². The molecule has 1 N–H and O–H groups in total. The van der Waals surface area contributed by atoms with E-state index in [1.54, 1.807) is 0 Å². The van der Waals surface area contributed by atoms with Crippen molar-refractivity contribution in [2.75, 3.05) is 13.7 Å². The van der Waals surface area contributed by atoms with Crippen LogP contribution in [-0.2, 0) is 14.3 Å². The van der Waals surface area contributed by atoms with Crippen LogP contribution in [0.3, 0.4) is 0 Å². The molecular formula is C7H11NO3. The number of carbonyl (C=O) groups is 2. The van der Waals surface area contributed by atoms with E-state index >= 15 is 0 Å². The SMILES string of the molecule is COC(=O)[C@H]1CCC(=O)NC1.